The minimum atomic E-state index is -0.618. The number of nitrogens with zero attached hydrogens (tertiary/aromatic N) is 1. The Kier molecular flexibility index (Phi) is 4.00. The van der Waals surface area contributed by atoms with Crippen molar-refractivity contribution in [2.75, 3.05) is 0 Å². The number of carbonyl (C=O) groups excluding carboxylic acids is 1. The smallest absolute Gasteiger partial charge is 0.343 e. The highest BCUT2D eigenvalue weighted by Crippen LogP contribution is 2.26. The molecule has 0 bridgehead atoms. The molecular formula is C14H10ClNO4. The van der Waals surface area contributed by atoms with Crippen LogP contribution in [0.25, 0.3) is 0 Å². The second kappa shape index (κ2) is 5.71. The Morgan fingerprint density at radius 1 is 1.20 bits per heavy atom. The third-order valence-electron chi connectivity index (χ3n) is 2.60. The van der Waals surface area contributed by atoms with E-state index in [0.717, 1.165) is 5.56 Å². The number of non-ortho nitro benzene ring substituents is 1. The summed E-state index contributed by atoms with van der Waals surface area (Å²) in [4.78, 5) is 21.9. The molecule has 0 atom stereocenters. The lowest BCUT2D eigenvalue weighted by Gasteiger charge is -2.07. The average molecular weight is 292 g/mol. The standard InChI is InChI=1S/C14H10ClNO4/c1-9-2-7-12(15)13(8-9)20-14(17)10-3-5-11(6-4-10)16(18)19/h2-8H,1H3. The Bertz CT molecular complexity index is 667. The van der Waals surface area contributed by atoms with E-state index in [-0.39, 0.29) is 17.0 Å². The van der Waals surface area contributed by atoms with Crippen LogP contribution in [-0.2, 0) is 0 Å². The molecule has 0 aliphatic heterocycles. The van der Waals surface area contributed by atoms with Gasteiger partial charge in [-0.25, -0.2) is 4.79 Å². The number of benzene rings is 2. The maximum atomic E-state index is 11.9. The van der Waals surface area contributed by atoms with Crippen LogP contribution < -0.4 is 4.74 Å². The Hall–Kier alpha value is -2.40. The summed E-state index contributed by atoms with van der Waals surface area (Å²) in [5.41, 5.74) is 1.03. The first-order valence-corrected chi connectivity index (χ1v) is 6.08. The van der Waals surface area contributed by atoms with Crippen LogP contribution in [0.4, 0.5) is 5.69 Å². The Morgan fingerprint density at radius 3 is 2.45 bits per heavy atom. The molecular weight excluding hydrogens is 282 g/mol. The van der Waals surface area contributed by atoms with Crippen molar-refractivity contribution in [2.24, 2.45) is 0 Å². The Labute approximate surface area is 119 Å². The first-order chi connectivity index (χ1) is 9.47. The summed E-state index contributed by atoms with van der Waals surface area (Å²) in [6.07, 6.45) is 0. The predicted octanol–water partition coefficient (Wildman–Crippen LogP) is 3.78. The molecule has 0 fully saturated rings. The van der Waals surface area contributed by atoms with Crippen LogP contribution >= 0.6 is 11.6 Å². The van der Waals surface area contributed by atoms with Gasteiger partial charge in [-0.2, -0.15) is 0 Å². The molecule has 2 aromatic carbocycles. The normalized spacial score (nSPS) is 10.1. The highest BCUT2D eigenvalue weighted by atomic mass is 35.5. The average Bonchev–Trinajstić information content (AvgIpc) is 2.43. The monoisotopic (exact) mass is 291 g/mol. The summed E-state index contributed by atoms with van der Waals surface area (Å²) in [7, 11) is 0. The summed E-state index contributed by atoms with van der Waals surface area (Å²) in [5.74, 6) is -0.359. The highest BCUT2D eigenvalue weighted by molar-refractivity contribution is 6.32. The SMILES string of the molecule is Cc1ccc(Cl)c(OC(=O)c2ccc([N+](=O)[O-])cc2)c1. The van der Waals surface area contributed by atoms with Crippen LogP contribution in [0.5, 0.6) is 5.75 Å². The maximum absolute atomic E-state index is 11.9. The molecule has 0 aromatic heterocycles. The molecule has 0 spiro atoms. The Morgan fingerprint density at radius 2 is 1.85 bits per heavy atom. The molecule has 0 saturated carbocycles. The van der Waals surface area contributed by atoms with Gasteiger partial charge < -0.3 is 4.74 Å². The molecule has 0 aliphatic rings. The van der Waals surface area contributed by atoms with Crippen molar-refractivity contribution in [2.45, 2.75) is 6.92 Å². The van der Waals surface area contributed by atoms with Gasteiger partial charge >= 0.3 is 5.97 Å². The Balaban J connectivity index is 2.19. The number of hydrogen-bond acceptors (Lipinski definition) is 4. The summed E-state index contributed by atoms with van der Waals surface area (Å²) in [5, 5.41) is 10.9. The number of rotatable bonds is 3. The van der Waals surface area contributed by atoms with Crippen molar-refractivity contribution >= 4 is 23.3 Å². The number of hydrogen-bond donors (Lipinski definition) is 0. The molecule has 5 nitrogen and oxygen atoms in total. The van der Waals surface area contributed by atoms with Crippen molar-refractivity contribution in [1.82, 2.24) is 0 Å². The predicted molar refractivity (Wildman–Crippen MR) is 74.2 cm³/mol. The van der Waals surface area contributed by atoms with Crippen molar-refractivity contribution in [3.8, 4) is 5.75 Å². The van der Waals surface area contributed by atoms with E-state index in [1.807, 2.05) is 6.92 Å². The van der Waals surface area contributed by atoms with Gasteiger partial charge in [0.15, 0.2) is 0 Å². The second-order valence-corrected chi connectivity index (χ2v) is 4.53. The second-order valence-electron chi connectivity index (χ2n) is 4.13. The summed E-state index contributed by atoms with van der Waals surface area (Å²) < 4.78 is 5.17. The van der Waals surface area contributed by atoms with Crippen molar-refractivity contribution in [3.05, 3.63) is 68.7 Å². The largest absolute Gasteiger partial charge is 0.421 e. The van der Waals surface area contributed by atoms with Gasteiger partial charge in [-0.1, -0.05) is 17.7 Å². The minimum Gasteiger partial charge on any atom is -0.421 e. The molecule has 0 saturated heterocycles. The van der Waals surface area contributed by atoms with Crippen molar-refractivity contribution in [3.63, 3.8) is 0 Å². The van der Waals surface area contributed by atoms with Gasteiger partial charge in [0.05, 0.1) is 15.5 Å². The van der Waals surface area contributed by atoms with E-state index < -0.39 is 10.9 Å². The van der Waals surface area contributed by atoms with E-state index in [2.05, 4.69) is 0 Å². The topological polar surface area (TPSA) is 69.4 Å². The van der Waals surface area contributed by atoms with Crippen molar-refractivity contribution in [1.29, 1.82) is 0 Å². The van der Waals surface area contributed by atoms with Gasteiger partial charge in [-0.15, -0.1) is 0 Å². The molecule has 102 valence electrons. The number of nitro groups is 1. The zero-order valence-electron chi connectivity index (χ0n) is 10.5. The zero-order chi connectivity index (χ0) is 14.7. The van der Waals surface area contributed by atoms with E-state index in [1.54, 1.807) is 18.2 Å². The van der Waals surface area contributed by atoms with E-state index in [9.17, 15) is 14.9 Å². The van der Waals surface area contributed by atoms with E-state index in [1.165, 1.54) is 24.3 Å². The maximum Gasteiger partial charge on any atom is 0.343 e. The summed E-state index contributed by atoms with van der Waals surface area (Å²) in [6, 6.07) is 10.2. The number of nitro benzene ring substituents is 1. The first-order valence-electron chi connectivity index (χ1n) is 5.70. The lowest BCUT2D eigenvalue weighted by Crippen LogP contribution is -2.08. The van der Waals surface area contributed by atoms with E-state index >= 15 is 0 Å². The van der Waals surface area contributed by atoms with Crippen LogP contribution in [0.2, 0.25) is 5.02 Å². The van der Waals surface area contributed by atoms with E-state index in [0.29, 0.717) is 5.02 Å². The fourth-order valence-corrected chi connectivity index (χ4v) is 1.72. The molecule has 2 aromatic rings. The van der Waals surface area contributed by atoms with Crippen LogP contribution in [0.3, 0.4) is 0 Å². The summed E-state index contributed by atoms with van der Waals surface area (Å²) >= 11 is 5.93. The molecule has 0 unspecified atom stereocenters. The lowest BCUT2D eigenvalue weighted by atomic mass is 10.2. The van der Waals surface area contributed by atoms with Gasteiger partial charge in [-0.05, 0) is 36.8 Å². The number of halogens is 1. The molecule has 0 N–H and O–H groups in total. The van der Waals surface area contributed by atoms with Gasteiger partial charge in [0, 0.05) is 12.1 Å². The van der Waals surface area contributed by atoms with Crippen LogP contribution in [0.1, 0.15) is 15.9 Å². The molecule has 6 heteroatoms. The third-order valence-corrected chi connectivity index (χ3v) is 2.92. The van der Waals surface area contributed by atoms with Gasteiger partial charge in [-0.3, -0.25) is 10.1 Å². The summed E-state index contributed by atoms with van der Waals surface area (Å²) in [6.45, 7) is 1.85. The van der Waals surface area contributed by atoms with E-state index in [4.69, 9.17) is 16.3 Å². The molecule has 2 rings (SSSR count). The van der Waals surface area contributed by atoms with Gasteiger partial charge in [0.2, 0.25) is 0 Å². The zero-order valence-corrected chi connectivity index (χ0v) is 11.3. The number of esters is 1. The molecule has 0 heterocycles. The molecule has 0 radical (unpaired) electrons. The fraction of sp³-hybridized carbons (Fsp3) is 0.0714. The molecule has 0 aliphatic carbocycles. The van der Waals surface area contributed by atoms with Gasteiger partial charge in [0.25, 0.3) is 5.69 Å². The number of carbonyl (C=O) groups is 1. The number of aryl methyl sites for hydroxylation is 1. The fourth-order valence-electron chi connectivity index (χ4n) is 1.57. The molecule has 20 heavy (non-hydrogen) atoms. The van der Waals surface area contributed by atoms with Crippen LogP contribution in [0.15, 0.2) is 42.5 Å². The van der Waals surface area contributed by atoms with Crippen LogP contribution in [0, 0.1) is 17.0 Å². The van der Waals surface area contributed by atoms with Crippen molar-refractivity contribution < 1.29 is 14.5 Å². The lowest BCUT2D eigenvalue weighted by molar-refractivity contribution is -0.384. The van der Waals surface area contributed by atoms with Crippen LogP contribution in [-0.4, -0.2) is 10.9 Å². The first kappa shape index (κ1) is 14.0. The van der Waals surface area contributed by atoms with Gasteiger partial charge in [0.1, 0.15) is 5.75 Å². The minimum absolute atomic E-state index is 0.0878. The molecule has 0 amide bonds. The third kappa shape index (κ3) is 3.13. The highest BCUT2D eigenvalue weighted by Gasteiger charge is 2.13. The quantitative estimate of drug-likeness (QED) is 0.373. The number of ether oxygens (including phenoxy) is 1.